The van der Waals surface area contributed by atoms with E-state index in [0.29, 0.717) is 18.8 Å². The predicted molar refractivity (Wildman–Crippen MR) is 79.0 cm³/mol. The quantitative estimate of drug-likeness (QED) is 0.331. The molecule has 19 heavy (non-hydrogen) atoms. The van der Waals surface area contributed by atoms with Gasteiger partial charge in [-0.15, -0.1) is 0 Å². The molecule has 0 spiro atoms. The summed E-state index contributed by atoms with van der Waals surface area (Å²) >= 11 is 0. The molecule has 112 valence electrons. The monoisotopic (exact) mass is 270 g/mol. The zero-order valence-electron chi connectivity index (χ0n) is 12.6. The molecular formula is C16H30O3. The molecule has 0 aromatic rings. The SMILES string of the molecule is CC=C(C)C(=O)OCCCCCCCCCCCO. The number of carbonyl (C=O) groups excluding carboxylic acids is 1. The summed E-state index contributed by atoms with van der Waals surface area (Å²) in [4.78, 5) is 11.3. The summed E-state index contributed by atoms with van der Waals surface area (Å²) in [5, 5.41) is 8.64. The first kappa shape index (κ1) is 18.2. The number of rotatable bonds is 12. The van der Waals surface area contributed by atoms with Crippen molar-refractivity contribution < 1.29 is 14.6 Å². The molecule has 1 N–H and O–H groups in total. The van der Waals surface area contributed by atoms with Crippen molar-refractivity contribution >= 4 is 5.97 Å². The number of aliphatic hydroxyl groups excluding tert-OH is 1. The van der Waals surface area contributed by atoms with E-state index in [9.17, 15) is 4.79 Å². The van der Waals surface area contributed by atoms with Crippen LogP contribution in [-0.2, 0) is 9.53 Å². The lowest BCUT2D eigenvalue weighted by molar-refractivity contribution is -0.139. The average molecular weight is 270 g/mol. The number of hydrogen-bond donors (Lipinski definition) is 1. The minimum atomic E-state index is -0.189. The van der Waals surface area contributed by atoms with Gasteiger partial charge in [0.05, 0.1) is 6.61 Å². The maximum atomic E-state index is 11.3. The number of allylic oxidation sites excluding steroid dienone is 1. The minimum absolute atomic E-state index is 0.189. The van der Waals surface area contributed by atoms with E-state index in [1.54, 1.807) is 13.0 Å². The summed E-state index contributed by atoms with van der Waals surface area (Å²) in [7, 11) is 0. The van der Waals surface area contributed by atoms with Crippen LogP contribution in [0, 0.1) is 0 Å². The first-order valence-corrected chi connectivity index (χ1v) is 7.63. The van der Waals surface area contributed by atoms with Crippen LogP contribution in [0.5, 0.6) is 0 Å². The normalized spacial score (nSPS) is 11.6. The van der Waals surface area contributed by atoms with Crippen molar-refractivity contribution in [1.29, 1.82) is 0 Å². The van der Waals surface area contributed by atoms with Crippen LogP contribution in [0.2, 0.25) is 0 Å². The summed E-state index contributed by atoms with van der Waals surface area (Å²) in [5.41, 5.74) is 0.683. The Bertz CT molecular complexity index is 246. The van der Waals surface area contributed by atoms with Crippen LogP contribution >= 0.6 is 0 Å². The van der Waals surface area contributed by atoms with Gasteiger partial charge < -0.3 is 9.84 Å². The average Bonchev–Trinajstić information content (AvgIpc) is 2.43. The van der Waals surface area contributed by atoms with Crippen molar-refractivity contribution in [1.82, 2.24) is 0 Å². The molecule has 0 heterocycles. The van der Waals surface area contributed by atoms with Gasteiger partial charge in [-0.1, -0.05) is 51.0 Å². The Morgan fingerprint density at radius 1 is 0.947 bits per heavy atom. The van der Waals surface area contributed by atoms with Gasteiger partial charge in [0.2, 0.25) is 0 Å². The Labute approximate surface area is 118 Å². The van der Waals surface area contributed by atoms with Gasteiger partial charge in [-0.2, -0.15) is 0 Å². The van der Waals surface area contributed by atoms with Crippen LogP contribution in [0.3, 0.4) is 0 Å². The lowest BCUT2D eigenvalue weighted by atomic mass is 10.1. The van der Waals surface area contributed by atoms with Gasteiger partial charge in [-0.3, -0.25) is 0 Å². The second kappa shape index (κ2) is 13.6. The number of aliphatic hydroxyl groups is 1. The highest BCUT2D eigenvalue weighted by Crippen LogP contribution is 2.09. The van der Waals surface area contributed by atoms with Crippen molar-refractivity contribution in [3.8, 4) is 0 Å². The van der Waals surface area contributed by atoms with Crippen molar-refractivity contribution in [2.24, 2.45) is 0 Å². The Balaban J connectivity index is 3.17. The second-order valence-electron chi connectivity index (χ2n) is 5.01. The highest BCUT2D eigenvalue weighted by molar-refractivity contribution is 5.87. The number of ether oxygens (including phenoxy) is 1. The molecule has 3 nitrogen and oxygen atoms in total. The molecule has 0 aliphatic rings. The molecule has 0 amide bonds. The topological polar surface area (TPSA) is 46.5 Å². The largest absolute Gasteiger partial charge is 0.462 e. The fourth-order valence-electron chi connectivity index (χ4n) is 1.85. The van der Waals surface area contributed by atoms with Crippen LogP contribution in [0.15, 0.2) is 11.6 Å². The number of unbranched alkanes of at least 4 members (excludes halogenated alkanes) is 8. The lowest BCUT2D eigenvalue weighted by Gasteiger charge is -2.05. The van der Waals surface area contributed by atoms with Gasteiger partial charge in [0.15, 0.2) is 0 Å². The summed E-state index contributed by atoms with van der Waals surface area (Å²) in [5.74, 6) is -0.189. The molecule has 0 aliphatic carbocycles. The lowest BCUT2D eigenvalue weighted by Crippen LogP contribution is -2.06. The third-order valence-electron chi connectivity index (χ3n) is 3.29. The van der Waals surface area contributed by atoms with Crippen LogP contribution in [0.25, 0.3) is 0 Å². The predicted octanol–water partition coefficient (Wildman–Crippen LogP) is 4.00. The van der Waals surface area contributed by atoms with E-state index in [-0.39, 0.29) is 5.97 Å². The molecule has 0 aromatic carbocycles. The first-order chi connectivity index (χ1) is 9.22. The molecule has 0 aromatic heterocycles. The standard InChI is InChI=1S/C16H30O3/c1-3-15(2)16(18)19-14-12-10-8-6-4-5-7-9-11-13-17/h3,17H,4-14H2,1-2H3. The first-order valence-electron chi connectivity index (χ1n) is 7.63. The zero-order valence-corrected chi connectivity index (χ0v) is 12.6. The minimum Gasteiger partial charge on any atom is -0.462 e. The molecule has 0 fully saturated rings. The van der Waals surface area contributed by atoms with Gasteiger partial charge in [-0.25, -0.2) is 4.79 Å². The van der Waals surface area contributed by atoms with Crippen LogP contribution < -0.4 is 0 Å². The van der Waals surface area contributed by atoms with E-state index in [1.807, 2.05) is 6.92 Å². The highest BCUT2D eigenvalue weighted by Gasteiger charge is 2.03. The van der Waals surface area contributed by atoms with Crippen LogP contribution in [0.4, 0.5) is 0 Å². The Morgan fingerprint density at radius 3 is 1.89 bits per heavy atom. The highest BCUT2D eigenvalue weighted by atomic mass is 16.5. The molecule has 0 bridgehead atoms. The third kappa shape index (κ3) is 12.0. The Morgan fingerprint density at radius 2 is 1.42 bits per heavy atom. The van der Waals surface area contributed by atoms with E-state index < -0.39 is 0 Å². The molecule has 0 rings (SSSR count). The van der Waals surface area contributed by atoms with E-state index in [0.717, 1.165) is 25.7 Å². The third-order valence-corrected chi connectivity index (χ3v) is 3.29. The van der Waals surface area contributed by atoms with E-state index in [1.165, 1.54) is 32.1 Å². The molecular weight excluding hydrogens is 240 g/mol. The molecule has 0 aliphatic heterocycles. The number of carbonyl (C=O) groups is 1. The summed E-state index contributed by atoms with van der Waals surface area (Å²) in [6.07, 6.45) is 12.2. The fraction of sp³-hybridized carbons (Fsp3) is 0.812. The zero-order chi connectivity index (χ0) is 14.3. The van der Waals surface area contributed by atoms with E-state index in [4.69, 9.17) is 9.84 Å². The van der Waals surface area contributed by atoms with Crippen LogP contribution in [0.1, 0.15) is 71.6 Å². The maximum Gasteiger partial charge on any atom is 0.333 e. The molecule has 0 atom stereocenters. The smallest absolute Gasteiger partial charge is 0.333 e. The molecule has 0 saturated carbocycles. The van der Waals surface area contributed by atoms with E-state index in [2.05, 4.69) is 0 Å². The fourth-order valence-corrected chi connectivity index (χ4v) is 1.85. The maximum absolute atomic E-state index is 11.3. The molecule has 0 unspecified atom stereocenters. The Kier molecular flexibility index (Phi) is 13.0. The number of hydrogen-bond acceptors (Lipinski definition) is 3. The number of esters is 1. The van der Waals surface area contributed by atoms with Crippen molar-refractivity contribution in [3.63, 3.8) is 0 Å². The van der Waals surface area contributed by atoms with Crippen molar-refractivity contribution in [2.45, 2.75) is 71.6 Å². The van der Waals surface area contributed by atoms with Gasteiger partial charge in [0.25, 0.3) is 0 Å². The Hall–Kier alpha value is -0.830. The summed E-state index contributed by atoms with van der Waals surface area (Å²) in [6.45, 7) is 4.49. The van der Waals surface area contributed by atoms with Crippen molar-refractivity contribution in [2.75, 3.05) is 13.2 Å². The van der Waals surface area contributed by atoms with Gasteiger partial charge in [-0.05, 0) is 26.7 Å². The van der Waals surface area contributed by atoms with Crippen molar-refractivity contribution in [3.05, 3.63) is 11.6 Å². The summed E-state index contributed by atoms with van der Waals surface area (Å²) in [6, 6.07) is 0. The molecule has 3 heteroatoms. The van der Waals surface area contributed by atoms with Gasteiger partial charge >= 0.3 is 5.97 Å². The summed E-state index contributed by atoms with van der Waals surface area (Å²) < 4.78 is 5.14. The van der Waals surface area contributed by atoms with E-state index >= 15 is 0 Å². The molecule has 0 saturated heterocycles. The van der Waals surface area contributed by atoms with Crippen LogP contribution in [-0.4, -0.2) is 24.3 Å². The second-order valence-corrected chi connectivity index (χ2v) is 5.01. The molecule has 0 radical (unpaired) electrons. The van der Waals surface area contributed by atoms with Gasteiger partial charge in [0, 0.05) is 12.2 Å². The van der Waals surface area contributed by atoms with Gasteiger partial charge in [0.1, 0.15) is 0 Å².